The highest BCUT2D eigenvalue weighted by Gasteiger charge is 2.52. The van der Waals surface area contributed by atoms with E-state index in [2.05, 4.69) is 45.1 Å². The molecule has 7 atom stereocenters. The molecular weight excluding hydrogens is 380 g/mol. The summed E-state index contributed by atoms with van der Waals surface area (Å²) in [4.78, 5) is 0. The van der Waals surface area contributed by atoms with E-state index in [1.54, 1.807) is 14.2 Å². The lowest BCUT2D eigenvalue weighted by atomic mass is 9.67. The van der Waals surface area contributed by atoms with Gasteiger partial charge in [-0.05, 0) is 42.4 Å². The van der Waals surface area contributed by atoms with Gasteiger partial charge in [-0.2, -0.15) is 0 Å². The van der Waals surface area contributed by atoms with Crippen molar-refractivity contribution in [2.24, 2.45) is 23.2 Å². The Morgan fingerprint density at radius 3 is 2.40 bits per heavy atom. The number of allylic oxidation sites excluding steroid dienone is 2. The molecule has 1 aromatic rings. The summed E-state index contributed by atoms with van der Waals surface area (Å²) in [5.74, 6) is 1.96. The van der Waals surface area contributed by atoms with Gasteiger partial charge < -0.3 is 24.1 Å². The zero-order chi connectivity index (χ0) is 21.7. The molecule has 0 saturated heterocycles. The van der Waals surface area contributed by atoms with Gasteiger partial charge in [-0.15, -0.1) is 0 Å². The monoisotopic (exact) mass is 418 g/mol. The van der Waals surface area contributed by atoms with Crippen molar-refractivity contribution < 1.29 is 24.1 Å². The fourth-order valence-electron chi connectivity index (χ4n) is 5.43. The van der Waals surface area contributed by atoms with Crippen LogP contribution in [0, 0.1) is 23.2 Å². The number of aliphatic hydroxyl groups is 1. The summed E-state index contributed by atoms with van der Waals surface area (Å²) in [6.45, 7) is 7.73. The molecule has 0 aromatic heterocycles. The van der Waals surface area contributed by atoms with Crippen LogP contribution in [0.1, 0.15) is 45.1 Å². The van der Waals surface area contributed by atoms with Crippen LogP contribution in [0.5, 0.6) is 5.75 Å². The molecule has 168 valence electrons. The molecule has 5 nitrogen and oxygen atoms in total. The fraction of sp³-hybridized carbons (Fsp3) is 0.680. The highest BCUT2D eigenvalue weighted by molar-refractivity contribution is 5.30. The van der Waals surface area contributed by atoms with Gasteiger partial charge in [0, 0.05) is 24.4 Å². The molecule has 1 aromatic carbocycles. The molecule has 0 amide bonds. The zero-order valence-corrected chi connectivity index (χ0v) is 19.0. The summed E-state index contributed by atoms with van der Waals surface area (Å²) in [6.07, 6.45) is 6.23. The Bertz CT molecular complexity index is 687. The minimum atomic E-state index is -0.442. The second-order valence-electron chi connectivity index (χ2n) is 9.21. The molecule has 0 spiro atoms. The SMILES string of the molecule is COCCOCO[C@@H]([C@H](C)[C@@H](O)[C@]1(C)C[C@H]2C=C[C@@H]1C2)[C@@H](C)c1ccc(OC)cc1. The second-order valence-corrected chi connectivity index (χ2v) is 9.21. The van der Waals surface area contributed by atoms with Gasteiger partial charge in [-0.25, -0.2) is 0 Å². The van der Waals surface area contributed by atoms with Crippen molar-refractivity contribution in [2.45, 2.75) is 51.7 Å². The van der Waals surface area contributed by atoms with Gasteiger partial charge in [0.25, 0.3) is 0 Å². The van der Waals surface area contributed by atoms with Crippen LogP contribution in [0.4, 0.5) is 0 Å². The first-order chi connectivity index (χ1) is 14.4. The van der Waals surface area contributed by atoms with E-state index in [0.29, 0.717) is 25.0 Å². The number of methoxy groups -OCH3 is 2. The number of fused-ring (bicyclic) bond motifs is 2. The Hall–Kier alpha value is -1.40. The lowest BCUT2D eigenvalue weighted by Gasteiger charge is -2.43. The number of hydrogen-bond acceptors (Lipinski definition) is 5. The highest BCUT2D eigenvalue weighted by atomic mass is 16.7. The Morgan fingerprint density at radius 1 is 1.10 bits per heavy atom. The topological polar surface area (TPSA) is 57.2 Å². The first-order valence-corrected chi connectivity index (χ1v) is 11.1. The molecule has 0 unspecified atom stereocenters. The molecule has 30 heavy (non-hydrogen) atoms. The van der Waals surface area contributed by atoms with Crippen molar-refractivity contribution >= 4 is 0 Å². The second kappa shape index (κ2) is 10.3. The van der Waals surface area contributed by atoms with Crippen molar-refractivity contribution in [3.05, 3.63) is 42.0 Å². The minimum Gasteiger partial charge on any atom is -0.497 e. The third kappa shape index (κ3) is 4.91. The first-order valence-electron chi connectivity index (χ1n) is 11.1. The number of aliphatic hydroxyl groups excluding tert-OH is 1. The third-order valence-corrected chi connectivity index (χ3v) is 7.32. The quantitative estimate of drug-likeness (QED) is 0.310. The van der Waals surface area contributed by atoms with Gasteiger partial charge in [-0.1, -0.05) is 45.1 Å². The van der Waals surface area contributed by atoms with Crippen molar-refractivity contribution in [1.29, 1.82) is 0 Å². The molecule has 5 heteroatoms. The van der Waals surface area contributed by atoms with Crippen LogP contribution in [0.2, 0.25) is 0 Å². The van der Waals surface area contributed by atoms with E-state index in [1.165, 1.54) is 6.42 Å². The lowest BCUT2D eigenvalue weighted by molar-refractivity contribution is -0.145. The zero-order valence-electron chi connectivity index (χ0n) is 19.0. The maximum Gasteiger partial charge on any atom is 0.147 e. The van der Waals surface area contributed by atoms with Gasteiger partial charge in [0.15, 0.2) is 0 Å². The van der Waals surface area contributed by atoms with Crippen LogP contribution in [0.15, 0.2) is 36.4 Å². The predicted molar refractivity (Wildman–Crippen MR) is 118 cm³/mol. The van der Waals surface area contributed by atoms with E-state index < -0.39 is 6.10 Å². The molecular formula is C25H38O5. The van der Waals surface area contributed by atoms with Crippen LogP contribution in [0.3, 0.4) is 0 Å². The maximum absolute atomic E-state index is 11.5. The largest absolute Gasteiger partial charge is 0.497 e. The average molecular weight is 419 g/mol. The van der Waals surface area contributed by atoms with E-state index in [1.807, 2.05) is 12.1 Å². The molecule has 1 fully saturated rings. The fourth-order valence-corrected chi connectivity index (χ4v) is 5.43. The van der Waals surface area contributed by atoms with E-state index in [4.69, 9.17) is 18.9 Å². The van der Waals surface area contributed by atoms with Crippen molar-refractivity contribution in [1.82, 2.24) is 0 Å². The molecule has 2 aliphatic rings. The average Bonchev–Trinajstić information content (AvgIpc) is 3.36. The number of hydrogen-bond donors (Lipinski definition) is 1. The maximum atomic E-state index is 11.5. The van der Waals surface area contributed by atoms with Crippen LogP contribution in [-0.4, -0.2) is 51.5 Å². The Labute approximate surface area is 181 Å². The molecule has 0 radical (unpaired) electrons. The molecule has 1 saturated carbocycles. The number of benzene rings is 1. The summed E-state index contributed by atoms with van der Waals surface area (Å²) >= 11 is 0. The molecule has 3 rings (SSSR count). The summed E-state index contributed by atoms with van der Waals surface area (Å²) in [5.41, 5.74) is 1.06. The standard InChI is InChI=1S/C25H38O5/c1-17(20-7-10-22(28-5)11-8-20)23(30-16-29-13-12-27-4)18(2)24(26)25(3)15-19-6-9-21(25)14-19/h6-11,17-19,21,23-24,26H,12-16H2,1-5H3/t17-,18-,19-,21+,23+,24+,25+/m0/s1. The molecule has 0 heterocycles. The van der Waals surface area contributed by atoms with Gasteiger partial charge in [-0.3, -0.25) is 0 Å². The minimum absolute atomic E-state index is 0.0362. The van der Waals surface area contributed by atoms with Crippen LogP contribution in [0.25, 0.3) is 0 Å². The van der Waals surface area contributed by atoms with Crippen molar-refractivity contribution in [3.8, 4) is 5.75 Å². The van der Waals surface area contributed by atoms with Crippen LogP contribution >= 0.6 is 0 Å². The highest BCUT2D eigenvalue weighted by Crippen LogP contribution is 2.55. The summed E-state index contributed by atoms with van der Waals surface area (Å²) < 4.78 is 22.2. The van der Waals surface area contributed by atoms with Crippen molar-refractivity contribution in [3.63, 3.8) is 0 Å². The molecule has 2 bridgehead atoms. The molecule has 0 aliphatic heterocycles. The van der Waals surface area contributed by atoms with Crippen molar-refractivity contribution in [2.75, 3.05) is 34.2 Å². The lowest BCUT2D eigenvalue weighted by Crippen LogP contribution is -2.46. The van der Waals surface area contributed by atoms with E-state index in [0.717, 1.165) is 17.7 Å². The Balaban J connectivity index is 1.74. The summed E-state index contributed by atoms with van der Waals surface area (Å²) in [7, 11) is 3.33. The van der Waals surface area contributed by atoms with E-state index in [9.17, 15) is 5.11 Å². The number of ether oxygens (including phenoxy) is 4. The Kier molecular flexibility index (Phi) is 7.97. The van der Waals surface area contributed by atoms with Gasteiger partial charge in [0.1, 0.15) is 12.5 Å². The third-order valence-electron chi connectivity index (χ3n) is 7.32. The predicted octanol–water partition coefficient (Wildman–Crippen LogP) is 4.40. The van der Waals surface area contributed by atoms with E-state index >= 15 is 0 Å². The van der Waals surface area contributed by atoms with Gasteiger partial charge in [0.2, 0.25) is 0 Å². The number of rotatable bonds is 12. The summed E-state index contributed by atoms with van der Waals surface area (Å²) in [6, 6.07) is 8.10. The first kappa shape index (κ1) is 23.3. The van der Waals surface area contributed by atoms with Gasteiger partial charge >= 0.3 is 0 Å². The summed E-state index contributed by atoms with van der Waals surface area (Å²) in [5, 5.41) is 11.5. The molecule has 1 N–H and O–H groups in total. The van der Waals surface area contributed by atoms with Crippen LogP contribution in [-0.2, 0) is 14.2 Å². The van der Waals surface area contributed by atoms with Crippen LogP contribution < -0.4 is 4.74 Å². The van der Waals surface area contributed by atoms with E-state index in [-0.39, 0.29) is 30.1 Å². The molecule has 2 aliphatic carbocycles. The van der Waals surface area contributed by atoms with Gasteiger partial charge in [0.05, 0.1) is 32.5 Å². The Morgan fingerprint density at radius 2 is 1.83 bits per heavy atom. The normalized spacial score (nSPS) is 29.0. The smallest absolute Gasteiger partial charge is 0.147 e.